The molecule has 180 valence electrons. The molecule has 0 unspecified atom stereocenters. The third-order valence-electron chi connectivity index (χ3n) is 5.72. The van der Waals surface area contributed by atoms with E-state index in [4.69, 9.17) is 5.53 Å². The number of anilines is 3. The summed E-state index contributed by atoms with van der Waals surface area (Å²) in [5.74, 6) is -0.207. The molecule has 1 amide bonds. The summed E-state index contributed by atoms with van der Waals surface area (Å²) in [4.78, 5) is 20.5. The van der Waals surface area contributed by atoms with Gasteiger partial charge in [-0.15, -0.1) is 0 Å². The Kier molecular flexibility index (Phi) is 7.33. The number of nitrogens with zero attached hydrogens (tertiary/aromatic N) is 4. The predicted molar refractivity (Wildman–Crippen MR) is 146 cm³/mol. The summed E-state index contributed by atoms with van der Waals surface area (Å²) in [6, 6.07) is 19.8. The molecule has 0 saturated carbocycles. The van der Waals surface area contributed by atoms with Crippen molar-refractivity contribution in [3.63, 3.8) is 0 Å². The lowest BCUT2D eigenvalue weighted by molar-refractivity contribution is 0.102. The van der Waals surface area contributed by atoms with Gasteiger partial charge in [0.1, 0.15) is 0 Å². The lowest BCUT2D eigenvalue weighted by atomic mass is 10.00. The van der Waals surface area contributed by atoms with Gasteiger partial charge in [0, 0.05) is 27.9 Å². The molecule has 4 rings (SSSR count). The van der Waals surface area contributed by atoms with Crippen molar-refractivity contribution in [3.8, 4) is 11.1 Å². The van der Waals surface area contributed by atoms with Gasteiger partial charge in [-0.25, -0.2) is 0 Å². The zero-order valence-electron chi connectivity index (χ0n) is 20.8. The van der Waals surface area contributed by atoms with Gasteiger partial charge in [-0.2, -0.15) is 0 Å². The molecule has 0 bridgehead atoms. The van der Waals surface area contributed by atoms with E-state index in [-0.39, 0.29) is 12.5 Å². The van der Waals surface area contributed by atoms with Crippen LogP contribution in [0.15, 0.2) is 78.2 Å². The number of amides is 1. The molecule has 1 aromatic heterocycles. The zero-order chi connectivity index (χ0) is 25.7. The van der Waals surface area contributed by atoms with E-state index in [1.54, 1.807) is 12.4 Å². The van der Waals surface area contributed by atoms with Crippen LogP contribution in [-0.2, 0) is 6.54 Å². The van der Waals surface area contributed by atoms with Gasteiger partial charge in [-0.05, 0) is 68.6 Å². The summed E-state index contributed by atoms with van der Waals surface area (Å²) in [5.41, 5.74) is 18.4. The molecular weight excluding hydrogens is 448 g/mol. The number of pyridine rings is 1. The second-order valence-corrected chi connectivity index (χ2v) is 9.03. The van der Waals surface area contributed by atoms with E-state index in [9.17, 15) is 4.79 Å². The molecular formula is C29H28N6O. The lowest BCUT2D eigenvalue weighted by Gasteiger charge is -2.18. The van der Waals surface area contributed by atoms with Crippen LogP contribution >= 0.6 is 0 Å². The van der Waals surface area contributed by atoms with E-state index in [1.807, 2.05) is 56.3 Å². The lowest BCUT2D eigenvalue weighted by Crippen LogP contribution is -2.14. The van der Waals surface area contributed by atoms with E-state index in [0.717, 1.165) is 50.3 Å². The Morgan fingerprint density at radius 3 is 2.25 bits per heavy atom. The molecule has 0 atom stereocenters. The average molecular weight is 477 g/mol. The average Bonchev–Trinajstić information content (AvgIpc) is 2.83. The summed E-state index contributed by atoms with van der Waals surface area (Å²) in [6.45, 7) is 8.32. The van der Waals surface area contributed by atoms with E-state index in [1.165, 1.54) is 0 Å². The van der Waals surface area contributed by atoms with Gasteiger partial charge >= 0.3 is 0 Å². The second kappa shape index (κ2) is 10.8. The van der Waals surface area contributed by atoms with Crippen LogP contribution in [-0.4, -0.2) is 10.9 Å². The Balaban J connectivity index is 1.79. The van der Waals surface area contributed by atoms with Gasteiger partial charge in [0.2, 0.25) is 0 Å². The molecule has 1 heterocycles. The van der Waals surface area contributed by atoms with E-state index in [2.05, 4.69) is 57.7 Å². The number of hydrogen-bond donors (Lipinski definition) is 2. The summed E-state index contributed by atoms with van der Waals surface area (Å²) in [5, 5.41) is 10.2. The van der Waals surface area contributed by atoms with Gasteiger partial charge in [0.05, 0.1) is 24.1 Å². The third kappa shape index (κ3) is 5.90. The summed E-state index contributed by atoms with van der Waals surface area (Å²) in [6.07, 6.45) is 3.45. The molecule has 7 nitrogen and oxygen atoms in total. The van der Waals surface area contributed by atoms with E-state index < -0.39 is 0 Å². The monoisotopic (exact) mass is 476 g/mol. The molecule has 0 aliphatic carbocycles. The van der Waals surface area contributed by atoms with E-state index in [0.29, 0.717) is 11.3 Å². The number of rotatable bonds is 7. The van der Waals surface area contributed by atoms with Gasteiger partial charge in [-0.1, -0.05) is 63.8 Å². The number of azide groups is 1. The maximum absolute atomic E-state index is 13.2. The molecule has 4 aromatic rings. The minimum absolute atomic E-state index is 0.207. The van der Waals surface area contributed by atoms with Crippen molar-refractivity contribution in [2.75, 3.05) is 10.6 Å². The fraction of sp³-hybridized carbons (Fsp3) is 0.172. The third-order valence-corrected chi connectivity index (χ3v) is 5.72. The van der Waals surface area contributed by atoms with Crippen molar-refractivity contribution >= 4 is 23.0 Å². The molecule has 0 aliphatic rings. The Hall–Kier alpha value is -4.61. The Labute approximate surface area is 210 Å². The van der Waals surface area contributed by atoms with Crippen LogP contribution in [0, 0.1) is 27.7 Å². The van der Waals surface area contributed by atoms with Gasteiger partial charge < -0.3 is 10.6 Å². The topological polar surface area (TPSA) is 103 Å². The van der Waals surface area contributed by atoms with Crippen molar-refractivity contribution in [1.82, 2.24) is 4.98 Å². The fourth-order valence-electron chi connectivity index (χ4n) is 4.34. The molecule has 0 saturated heterocycles. The van der Waals surface area contributed by atoms with Crippen molar-refractivity contribution in [1.29, 1.82) is 0 Å². The molecule has 36 heavy (non-hydrogen) atoms. The molecule has 0 aliphatic heterocycles. The number of nitrogens with one attached hydrogen (secondary N) is 2. The number of carbonyl (C=O) groups is 1. The summed E-state index contributed by atoms with van der Waals surface area (Å²) < 4.78 is 0. The van der Waals surface area contributed by atoms with Crippen molar-refractivity contribution < 1.29 is 4.79 Å². The van der Waals surface area contributed by atoms with Crippen LogP contribution in [0.5, 0.6) is 0 Å². The second-order valence-electron chi connectivity index (χ2n) is 9.03. The first-order chi connectivity index (χ1) is 17.3. The first-order valence-corrected chi connectivity index (χ1v) is 11.7. The Morgan fingerprint density at radius 1 is 0.917 bits per heavy atom. The van der Waals surface area contributed by atoms with Crippen LogP contribution in [0.25, 0.3) is 21.6 Å². The van der Waals surface area contributed by atoms with Crippen LogP contribution in [0.3, 0.4) is 0 Å². The van der Waals surface area contributed by atoms with Gasteiger partial charge in [-0.3, -0.25) is 9.78 Å². The number of carbonyl (C=O) groups excluding carboxylic acids is 1. The Bertz CT molecular complexity index is 1450. The maximum atomic E-state index is 13.2. The smallest absolute Gasteiger partial charge is 0.255 e. The number of aryl methyl sites for hydroxylation is 4. The van der Waals surface area contributed by atoms with Gasteiger partial charge in [0.15, 0.2) is 0 Å². The molecule has 7 heteroatoms. The van der Waals surface area contributed by atoms with Crippen LogP contribution in [0.1, 0.15) is 38.2 Å². The van der Waals surface area contributed by atoms with Gasteiger partial charge in [0.25, 0.3) is 5.91 Å². The zero-order valence-corrected chi connectivity index (χ0v) is 20.8. The highest BCUT2D eigenvalue weighted by atomic mass is 16.1. The number of hydrogen-bond acceptors (Lipinski definition) is 4. The molecule has 0 radical (unpaired) electrons. The first-order valence-electron chi connectivity index (χ1n) is 11.7. The predicted octanol–water partition coefficient (Wildman–Crippen LogP) is 7.79. The van der Waals surface area contributed by atoms with Crippen molar-refractivity contribution in [3.05, 3.63) is 117 Å². The summed E-state index contributed by atoms with van der Waals surface area (Å²) >= 11 is 0. The normalized spacial score (nSPS) is 10.4. The standard InChI is InChI=1S/C29H28N6O/c1-18-8-19(2)11-23(10-18)26-16-31-17-27(34-29(36)24-12-20(3)9-21(4)13-24)28(26)33-25-7-5-6-22(14-25)15-32-35-30/h5-14,16-17H,15H2,1-4H3,(H,31,33)(H,34,36). The molecule has 0 fully saturated rings. The molecule has 0 spiro atoms. The quantitative estimate of drug-likeness (QED) is 0.162. The minimum Gasteiger partial charge on any atom is -0.353 e. The van der Waals surface area contributed by atoms with Crippen LogP contribution in [0.4, 0.5) is 17.1 Å². The van der Waals surface area contributed by atoms with E-state index >= 15 is 0 Å². The SMILES string of the molecule is Cc1cc(C)cc(C(=O)Nc2cncc(-c3cc(C)cc(C)c3)c2Nc2cccc(CN=[N+]=[N-])c2)c1. The van der Waals surface area contributed by atoms with Crippen LogP contribution in [0.2, 0.25) is 0 Å². The highest BCUT2D eigenvalue weighted by Crippen LogP contribution is 2.37. The van der Waals surface area contributed by atoms with Crippen molar-refractivity contribution in [2.24, 2.45) is 5.11 Å². The maximum Gasteiger partial charge on any atom is 0.255 e. The number of benzene rings is 3. The highest BCUT2D eigenvalue weighted by Gasteiger charge is 2.16. The fourth-order valence-corrected chi connectivity index (χ4v) is 4.34. The first kappa shape index (κ1) is 24.5. The highest BCUT2D eigenvalue weighted by molar-refractivity contribution is 6.07. The minimum atomic E-state index is -0.207. The van der Waals surface area contributed by atoms with Crippen molar-refractivity contribution in [2.45, 2.75) is 34.2 Å². The largest absolute Gasteiger partial charge is 0.353 e. The molecule has 3 aromatic carbocycles. The molecule has 2 N–H and O–H groups in total. The van der Waals surface area contributed by atoms with Crippen LogP contribution < -0.4 is 10.6 Å². The Morgan fingerprint density at radius 2 is 1.58 bits per heavy atom. The summed E-state index contributed by atoms with van der Waals surface area (Å²) in [7, 11) is 0. The number of aromatic nitrogens is 1.